The van der Waals surface area contributed by atoms with Crippen molar-refractivity contribution in [3.63, 3.8) is 0 Å². The molecule has 8 heteroatoms. The fourth-order valence-corrected chi connectivity index (χ4v) is 4.66. The molecule has 156 valence electrons. The lowest BCUT2D eigenvalue weighted by Gasteiger charge is -2.27. The molecule has 0 radical (unpaired) electrons. The summed E-state index contributed by atoms with van der Waals surface area (Å²) in [5.41, 5.74) is 1.31. The second-order valence-corrected chi connectivity index (χ2v) is 9.89. The van der Waals surface area contributed by atoms with E-state index < -0.39 is 10.0 Å². The summed E-state index contributed by atoms with van der Waals surface area (Å²) < 4.78 is 28.5. The predicted octanol–water partition coefficient (Wildman–Crippen LogP) is 4.96. The van der Waals surface area contributed by atoms with Crippen LogP contribution in [0.15, 0.2) is 88.2 Å². The molecule has 0 bridgehead atoms. The number of carbonyl (C=O) groups is 1. The molecule has 0 spiro atoms. The highest BCUT2D eigenvalue weighted by atomic mass is 79.9. The second kappa shape index (κ2) is 9.64. The number of rotatable bonds is 7. The van der Waals surface area contributed by atoms with Gasteiger partial charge in [0.15, 0.2) is 0 Å². The van der Waals surface area contributed by atoms with E-state index in [1.807, 2.05) is 12.1 Å². The minimum absolute atomic E-state index is 0.126. The molecule has 3 aromatic carbocycles. The van der Waals surface area contributed by atoms with Gasteiger partial charge in [-0.05, 0) is 54.1 Å². The van der Waals surface area contributed by atoms with Crippen molar-refractivity contribution in [1.29, 1.82) is 0 Å². The van der Waals surface area contributed by atoms with E-state index in [9.17, 15) is 13.2 Å². The van der Waals surface area contributed by atoms with Gasteiger partial charge in [-0.15, -0.1) is 0 Å². The van der Waals surface area contributed by atoms with E-state index >= 15 is 0 Å². The van der Waals surface area contributed by atoms with E-state index in [0.29, 0.717) is 17.3 Å². The molecule has 0 aromatic heterocycles. The third-order valence-corrected chi connectivity index (χ3v) is 7.05. The average Bonchev–Trinajstić information content (AvgIpc) is 2.74. The van der Waals surface area contributed by atoms with Crippen LogP contribution in [0.5, 0.6) is 0 Å². The molecule has 0 atom stereocenters. The minimum atomic E-state index is -3.92. The summed E-state index contributed by atoms with van der Waals surface area (Å²) >= 11 is 9.26. The van der Waals surface area contributed by atoms with E-state index in [4.69, 9.17) is 11.6 Å². The summed E-state index contributed by atoms with van der Waals surface area (Å²) in [6.45, 7) is 0.0263. The number of likely N-dealkylation sites (N-methyl/N-ethyl adjacent to an activating group) is 1. The van der Waals surface area contributed by atoms with E-state index in [1.165, 1.54) is 17.0 Å². The number of amides is 1. The Kier molecular flexibility index (Phi) is 7.18. The zero-order valence-electron chi connectivity index (χ0n) is 16.2. The van der Waals surface area contributed by atoms with Crippen LogP contribution < -0.4 is 4.31 Å². The molecule has 0 N–H and O–H groups in total. The molecule has 0 aliphatic rings. The lowest BCUT2D eigenvalue weighted by atomic mass is 10.2. The molecule has 3 rings (SSSR count). The zero-order chi connectivity index (χ0) is 21.7. The van der Waals surface area contributed by atoms with E-state index in [2.05, 4.69) is 15.9 Å². The molecule has 3 aromatic rings. The van der Waals surface area contributed by atoms with Crippen LogP contribution in [0.3, 0.4) is 0 Å². The summed E-state index contributed by atoms with van der Waals surface area (Å²) in [6, 6.07) is 22.1. The van der Waals surface area contributed by atoms with Gasteiger partial charge in [-0.25, -0.2) is 8.42 Å². The van der Waals surface area contributed by atoms with Crippen molar-refractivity contribution in [3.8, 4) is 0 Å². The van der Waals surface area contributed by atoms with Gasteiger partial charge in [-0.3, -0.25) is 9.10 Å². The van der Waals surface area contributed by atoms with E-state index in [0.717, 1.165) is 14.3 Å². The first-order valence-electron chi connectivity index (χ1n) is 9.09. The number of hydrogen-bond acceptors (Lipinski definition) is 3. The number of carbonyl (C=O) groups excluding carboxylic acids is 1. The first-order chi connectivity index (χ1) is 14.3. The van der Waals surface area contributed by atoms with Crippen LogP contribution in [-0.2, 0) is 21.4 Å². The molecule has 1 amide bonds. The second-order valence-electron chi connectivity index (χ2n) is 6.68. The quantitative estimate of drug-likeness (QED) is 0.454. The highest BCUT2D eigenvalue weighted by Gasteiger charge is 2.28. The Labute approximate surface area is 190 Å². The summed E-state index contributed by atoms with van der Waals surface area (Å²) in [5.74, 6) is -0.327. The maximum absolute atomic E-state index is 13.3. The number of halogens is 2. The Morgan fingerprint density at radius 1 is 0.933 bits per heavy atom. The van der Waals surface area contributed by atoms with Gasteiger partial charge in [0.25, 0.3) is 10.0 Å². The number of benzene rings is 3. The predicted molar refractivity (Wildman–Crippen MR) is 123 cm³/mol. The molecule has 0 unspecified atom stereocenters. The summed E-state index contributed by atoms with van der Waals surface area (Å²) in [7, 11) is -2.28. The number of anilines is 1. The highest BCUT2D eigenvalue weighted by Crippen LogP contribution is 2.25. The van der Waals surface area contributed by atoms with Gasteiger partial charge in [-0.1, -0.05) is 57.9 Å². The molecule has 0 aliphatic heterocycles. The minimum Gasteiger partial charge on any atom is -0.340 e. The lowest BCUT2D eigenvalue weighted by Crippen LogP contribution is -2.41. The monoisotopic (exact) mass is 506 g/mol. The molecule has 0 saturated heterocycles. The number of sulfonamides is 1. The summed E-state index contributed by atoms with van der Waals surface area (Å²) in [5, 5.41) is 0.614. The number of hydrogen-bond donors (Lipinski definition) is 0. The molecule has 5 nitrogen and oxygen atoms in total. The Morgan fingerprint density at radius 2 is 1.53 bits per heavy atom. The topological polar surface area (TPSA) is 57.7 Å². The van der Waals surface area contributed by atoms with Crippen LogP contribution in [0.4, 0.5) is 5.69 Å². The van der Waals surface area contributed by atoms with Crippen molar-refractivity contribution < 1.29 is 13.2 Å². The van der Waals surface area contributed by atoms with Crippen LogP contribution in [0.25, 0.3) is 0 Å². The molecule has 0 heterocycles. The summed E-state index contributed by atoms with van der Waals surface area (Å²) in [4.78, 5) is 14.5. The Balaban J connectivity index is 1.87. The fourth-order valence-electron chi connectivity index (χ4n) is 2.84. The maximum atomic E-state index is 13.3. The lowest BCUT2D eigenvalue weighted by molar-refractivity contribution is -0.128. The third-order valence-electron chi connectivity index (χ3n) is 4.48. The van der Waals surface area contributed by atoms with Crippen molar-refractivity contribution in [2.24, 2.45) is 0 Å². The first-order valence-corrected chi connectivity index (χ1v) is 11.7. The molecule has 0 fully saturated rings. The molecular weight excluding hydrogens is 488 g/mol. The van der Waals surface area contributed by atoms with Crippen molar-refractivity contribution in [3.05, 3.63) is 93.9 Å². The summed E-state index contributed by atoms with van der Waals surface area (Å²) in [6.07, 6.45) is 0. The van der Waals surface area contributed by atoms with Gasteiger partial charge >= 0.3 is 0 Å². The van der Waals surface area contributed by atoms with Crippen LogP contribution in [-0.4, -0.2) is 32.8 Å². The van der Waals surface area contributed by atoms with Crippen molar-refractivity contribution in [2.45, 2.75) is 11.4 Å². The Morgan fingerprint density at radius 3 is 2.13 bits per heavy atom. The standard InChI is InChI=1S/C22H20BrClN2O3S/c1-25(15-17-7-11-19(24)12-8-17)22(27)16-26(20-13-9-18(23)10-14-20)30(28,29)21-5-3-2-4-6-21/h2-14H,15-16H2,1H3. The van der Waals surface area contributed by atoms with Gasteiger partial charge in [0.2, 0.25) is 5.91 Å². The number of nitrogens with zero attached hydrogens (tertiary/aromatic N) is 2. The van der Waals surface area contributed by atoms with Crippen LogP contribution in [0, 0.1) is 0 Å². The molecule has 30 heavy (non-hydrogen) atoms. The van der Waals surface area contributed by atoms with Gasteiger partial charge in [0.1, 0.15) is 6.54 Å². The fraction of sp³-hybridized carbons (Fsp3) is 0.136. The van der Waals surface area contributed by atoms with Gasteiger partial charge in [0, 0.05) is 23.1 Å². The van der Waals surface area contributed by atoms with Crippen LogP contribution in [0.2, 0.25) is 5.02 Å². The van der Waals surface area contributed by atoms with E-state index in [1.54, 1.807) is 61.6 Å². The third kappa shape index (κ3) is 5.41. The smallest absolute Gasteiger partial charge is 0.264 e. The van der Waals surface area contributed by atoms with Gasteiger partial charge < -0.3 is 4.90 Å². The van der Waals surface area contributed by atoms with Crippen LogP contribution in [0.1, 0.15) is 5.56 Å². The molecule has 0 aliphatic carbocycles. The highest BCUT2D eigenvalue weighted by molar-refractivity contribution is 9.10. The Bertz CT molecular complexity index is 1110. The average molecular weight is 508 g/mol. The maximum Gasteiger partial charge on any atom is 0.264 e. The van der Waals surface area contributed by atoms with Crippen molar-refractivity contribution in [2.75, 3.05) is 17.9 Å². The Hall–Kier alpha value is -2.35. The molecular formula is C22H20BrClN2O3S. The normalized spacial score (nSPS) is 11.2. The van der Waals surface area contributed by atoms with Crippen molar-refractivity contribution in [1.82, 2.24) is 4.90 Å². The van der Waals surface area contributed by atoms with Crippen LogP contribution >= 0.6 is 27.5 Å². The van der Waals surface area contributed by atoms with E-state index in [-0.39, 0.29) is 17.3 Å². The van der Waals surface area contributed by atoms with Gasteiger partial charge in [0.05, 0.1) is 10.6 Å². The van der Waals surface area contributed by atoms with Crippen molar-refractivity contribution >= 4 is 49.1 Å². The zero-order valence-corrected chi connectivity index (χ0v) is 19.4. The molecule has 0 saturated carbocycles. The first kappa shape index (κ1) is 22.3. The van der Waals surface area contributed by atoms with Gasteiger partial charge in [-0.2, -0.15) is 0 Å². The largest absolute Gasteiger partial charge is 0.340 e. The SMILES string of the molecule is CN(Cc1ccc(Cl)cc1)C(=O)CN(c1ccc(Br)cc1)S(=O)(=O)c1ccccc1.